The van der Waals surface area contributed by atoms with Gasteiger partial charge in [0.2, 0.25) is 10.0 Å². The third kappa shape index (κ3) is 3.64. The van der Waals surface area contributed by atoms with E-state index in [1.165, 1.54) is 0 Å². The lowest BCUT2D eigenvalue weighted by atomic mass is 10.0. The van der Waals surface area contributed by atoms with E-state index in [-0.39, 0.29) is 25.2 Å². The number of rotatable bonds is 5. The molecule has 0 radical (unpaired) electrons. The number of carbonyl (C=O) groups is 1. The van der Waals surface area contributed by atoms with Gasteiger partial charge in [0.05, 0.1) is 17.3 Å². The Labute approximate surface area is 151 Å². The van der Waals surface area contributed by atoms with Crippen molar-refractivity contribution in [2.24, 2.45) is 5.73 Å². The van der Waals surface area contributed by atoms with Gasteiger partial charge in [-0.25, -0.2) is 13.2 Å². The molecule has 14 heteroatoms. The summed E-state index contributed by atoms with van der Waals surface area (Å²) in [4.78, 5) is 13.5. The minimum Gasteiger partial charge on any atom is -0.326 e. The fraction of sp³-hybridized carbons (Fsp3) is 0.833. The number of carbonyl (C=O) groups excluding carboxylic acids is 1. The molecule has 0 aromatic rings. The van der Waals surface area contributed by atoms with Crippen molar-refractivity contribution in [1.82, 2.24) is 14.7 Å². The lowest BCUT2D eigenvalue weighted by Crippen LogP contribution is -2.53. The number of fused-ring (bicyclic) bond motifs is 2. The molecule has 0 aromatic heterocycles. The summed E-state index contributed by atoms with van der Waals surface area (Å²) in [6.07, 6.45) is 2.23. The summed E-state index contributed by atoms with van der Waals surface area (Å²) in [7, 11) is -8.72. The molecule has 26 heavy (non-hydrogen) atoms. The van der Waals surface area contributed by atoms with Crippen molar-refractivity contribution in [3.05, 3.63) is 0 Å². The van der Waals surface area contributed by atoms with Crippen LogP contribution in [-0.4, -0.2) is 73.1 Å². The summed E-state index contributed by atoms with van der Waals surface area (Å²) in [5, 5.41) is 7.87. The van der Waals surface area contributed by atoms with E-state index < -0.39 is 49.8 Å². The van der Waals surface area contributed by atoms with Crippen LogP contribution in [0.5, 0.6) is 0 Å². The molecule has 12 nitrogen and oxygen atoms in total. The molecule has 3 rings (SSSR count). The zero-order chi connectivity index (χ0) is 19.3. The highest BCUT2D eigenvalue weighted by Crippen LogP contribution is 2.31. The molecule has 148 valence electrons. The van der Waals surface area contributed by atoms with E-state index in [0.717, 1.165) is 4.90 Å². The lowest BCUT2D eigenvalue weighted by Gasteiger charge is -2.31. The Morgan fingerprint density at radius 1 is 1.23 bits per heavy atom. The first-order valence-electron chi connectivity index (χ1n) is 8.12. The van der Waals surface area contributed by atoms with Crippen molar-refractivity contribution in [3.63, 3.8) is 0 Å². The van der Waals surface area contributed by atoms with Gasteiger partial charge in [0.1, 0.15) is 5.84 Å². The number of urea groups is 1. The highest BCUT2D eigenvalue weighted by atomic mass is 32.3. The Kier molecular flexibility index (Phi) is 4.89. The Bertz CT molecular complexity index is 814. The first-order valence-corrected chi connectivity index (χ1v) is 11.0. The van der Waals surface area contributed by atoms with Gasteiger partial charge < -0.3 is 10.6 Å². The van der Waals surface area contributed by atoms with Crippen LogP contribution in [0.15, 0.2) is 0 Å². The molecule has 4 atom stereocenters. The maximum atomic E-state index is 12.5. The number of nitrogens with two attached hydrogens (primary N) is 1. The predicted molar refractivity (Wildman–Crippen MR) is 88.8 cm³/mol. The highest BCUT2D eigenvalue weighted by molar-refractivity contribution is 7.90. The number of nitrogens with one attached hydrogen (secondary N) is 2. The average molecular weight is 411 g/mol. The number of hydrogen-bond acceptors (Lipinski definition) is 8. The zero-order valence-corrected chi connectivity index (χ0v) is 15.4. The minimum absolute atomic E-state index is 0.0616. The molecule has 3 fully saturated rings. The van der Waals surface area contributed by atoms with Crippen LogP contribution < -0.4 is 10.5 Å². The maximum Gasteiger partial charge on any atom is 0.418 e. The van der Waals surface area contributed by atoms with E-state index in [9.17, 15) is 21.6 Å². The van der Waals surface area contributed by atoms with Crippen molar-refractivity contribution in [2.75, 3.05) is 6.54 Å². The topological polar surface area (TPSA) is 183 Å². The molecule has 1 aliphatic carbocycles. The van der Waals surface area contributed by atoms with Crippen LogP contribution in [0, 0.1) is 5.41 Å². The standard InChI is InChI=1S/C12H21N5O7S2/c13-8-2-1-3-10(8)25(19,20)15-11(14)9-5-4-7-6-16(9)12(18)17(7)24-26(21,22)23/h7-10H,1-6,13H2,(H2,14,15)(H,21,22,23). The SMILES string of the molecule is N=C(NS(=O)(=O)C1CCCC1N)C1CCC2CN1C(=O)N2OS(=O)(=O)O. The van der Waals surface area contributed by atoms with Gasteiger partial charge in [0.15, 0.2) is 0 Å². The monoisotopic (exact) mass is 411 g/mol. The number of amides is 2. The van der Waals surface area contributed by atoms with Crippen LogP contribution in [0.25, 0.3) is 0 Å². The molecule has 2 heterocycles. The quantitative estimate of drug-likeness (QED) is 0.246. The normalized spacial score (nSPS) is 32.2. The zero-order valence-electron chi connectivity index (χ0n) is 13.7. The molecule has 5 N–H and O–H groups in total. The molecule has 3 aliphatic rings. The molecule has 4 unspecified atom stereocenters. The largest absolute Gasteiger partial charge is 0.418 e. The molecule has 2 bridgehead atoms. The molecule has 2 aliphatic heterocycles. The molecule has 2 amide bonds. The van der Waals surface area contributed by atoms with E-state index in [4.69, 9.17) is 15.7 Å². The minimum atomic E-state index is -4.86. The Hall–Kier alpha value is -1.48. The number of amidine groups is 1. The lowest BCUT2D eigenvalue weighted by molar-refractivity contribution is -0.0316. The van der Waals surface area contributed by atoms with Gasteiger partial charge in [0, 0.05) is 12.6 Å². The average Bonchev–Trinajstić information content (AvgIpc) is 3.04. The first kappa shape index (κ1) is 19.3. The second-order valence-corrected chi connectivity index (χ2v) is 9.61. The highest BCUT2D eigenvalue weighted by Gasteiger charge is 2.49. The van der Waals surface area contributed by atoms with Gasteiger partial charge in [-0.1, -0.05) is 6.42 Å². The summed E-state index contributed by atoms with van der Waals surface area (Å²) < 4.78 is 62.0. The van der Waals surface area contributed by atoms with Crippen molar-refractivity contribution in [2.45, 2.75) is 55.5 Å². The smallest absolute Gasteiger partial charge is 0.326 e. The number of hydrogen-bond donors (Lipinski definition) is 4. The van der Waals surface area contributed by atoms with E-state index in [1.807, 2.05) is 0 Å². The Morgan fingerprint density at radius 3 is 2.50 bits per heavy atom. The molecular formula is C12H21N5O7S2. The summed E-state index contributed by atoms with van der Waals surface area (Å²) >= 11 is 0. The van der Waals surface area contributed by atoms with Gasteiger partial charge in [-0.3, -0.25) is 14.7 Å². The molecule has 0 aromatic carbocycles. The van der Waals surface area contributed by atoms with Gasteiger partial charge in [-0.2, -0.15) is 13.5 Å². The fourth-order valence-electron chi connectivity index (χ4n) is 3.77. The van der Waals surface area contributed by atoms with Crippen LogP contribution in [0.4, 0.5) is 4.79 Å². The third-order valence-corrected chi connectivity index (χ3v) is 7.22. The third-order valence-electron chi connectivity index (χ3n) is 4.99. The van der Waals surface area contributed by atoms with Crippen LogP contribution in [0.3, 0.4) is 0 Å². The van der Waals surface area contributed by atoms with Crippen molar-refractivity contribution < 1.29 is 30.5 Å². The Morgan fingerprint density at radius 2 is 1.92 bits per heavy atom. The van der Waals surface area contributed by atoms with Crippen molar-refractivity contribution >= 4 is 32.3 Å². The van der Waals surface area contributed by atoms with E-state index in [0.29, 0.717) is 24.3 Å². The van der Waals surface area contributed by atoms with Crippen molar-refractivity contribution in [3.8, 4) is 0 Å². The van der Waals surface area contributed by atoms with Crippen LogP contribution >= 0.6 is 0 Å². The second-order valence-electron chi connectivity index (χ2n) is 6.70. The van der Waals surface area contributed by atoms with Crippen LogP contribution in [-0.2, 0) is 24.7 Å². The predicted octanol–water partition coefficient (Wildman–Crippen LogP) is -1.23. The van der Waals surface area contributed by atoms with E-state index in [2.05, 4.69) is 9.01 Å². The number of piperidine rings is 1. The first-order chi connectivity index (χ1) is 12.0. The Balaban J connectivity index is 1.71. The molecule has 0 spiro atoms. The molecular weight excluding hydrogens is 390 g/mol. The molecule has 1 saturated carbocycles. The number of hydroxylamine groups is 2. The maximum absolute atomic E-state index is 12.5. The fourth-order valence-corrected chi connectivity index (χ4v) is 5.82. The van der Waals surface area contributed by atoms with Gasteiger partial charge in [0.25, 0.3) is 0 Å². The summed E-state index contributed by atoms with van der Waals surface area (Å²) in [6, 6.07) is -2.81. The molecule has 2 saturated heterocycles. The second kappa shape index (κ2) is 6.60. The number of sulfonamides is 1. The van der Waals surface area contributed by atoms with Gasteiger partial charge >= 0.3 is 16.4 Å². The van der Waals surface area contributed by atoms with E-state index in [1.54, 1.807) is 0 Å². The van der Waals surface area contributed by atoms with E-state index >= 15 is 0 Å². The van der Waals surface area contributed by atoms with Crippen LogP contribution in [0.1, 0.15) is 32.1 Å². The van der Waals surface area contributed by atoms with Gasteiger partial charge in [-0.15, -0.1) is 4.28 Å². The van der Waals surface area contributed by atoms with Gasteiger partial charge in [-0.05, 0) is 25.7 Å². The number of nitrogens with zero attached hydrogens (tertiary/aromatic N) is 2. The summed E-state index contributed by atoms with van der Waals surface area (Å²) in [6.45, 7) is 0.0616. The van der Waals surface area contributed by atoms with Crippen molar-refractivity contribution in [1.29, 1.82) is 5.41 Å². The summed E-state index contributed by atoms with van der Waals surface area (Å²) in [5.41, 5.74) is 5.82. The van der Waals surface area contributed by atoms with Crippen LogP contribution in [0.2, 0.25) is 0 Å². The summed E-state index contributed by atoms with van der Waals surface area (Å²) in [5.74, 6) is -0.371.